The van der Waals surface area contributed by atoms with Gasteiger partial charge in [0.1, 0.15) is 10.2 Å². The van der Waals surface area contributed by atoms with Gasteiger partial charge in [-0.25, -0.2) is 0 Å². The van der Waals surface area contributed by atoms with Gasteiger partial charge in [-0.1, -0.05) is 17.4 Å². The Bertz CT molecular complexity index is 915. The van der Waals surface area contributed by atoms with Crippen LogP contribution in [-0.4, -0.2) is 19.6 Å². The Balaban J connectivity index is 2.33. The second-order valence-electron chi connectivity index (χ2n) is 3.87. The van der Waals surface area contributed by atoms with Crippen molar-refractivity contribution in [1.29, 1.82) is 0 Å². The number of fused-ring (bicyclic) bond motifs is 1. The van der Waals surface area contributed by atoms with E-state index in [1.54, 1.807) is 24.4 Å². The molecule has 7 heteroatoms. The van der Waals surface area contributed by atoms with Gasteiger partial charge in [-0.2, -0.15) is 14.6 Å². The zero-order chi connectivity index (χ0) is 13.4. The predicted molar refractivity (Wildman–Crippen MR) is 71.2 cm³/mol. The average Bonchev–Trinajstić information content (AvgIpc) is 2.69. The summed E-state index contributed by atoms with van der Waals surface area (Å²) in [5.41, 5.74) is 0.175. The standard InChI is InChI=1S/C12H8N4O2S/c1-7-10(17)14-12-16(15-7)11(18)9(19-12)6-8-4-2-3-5-13-8/h2-6H,1H3/b9-6-. The van der Waals surface area contributed by atoms with Crippen LogP contribution in [0.4, 0.5) is 0 Å². The van der Waals surface area contributed by atoms with Gasteiger partial charge in [0.25, 0.3) is 11.1 Å². The third-order valence-corrected chi connectivity index (χ3v) is 3.47. The van der Waals surface area contributed by atoms with Gasteiger partial charge < -0.3 is 0 Å². The van der Waals surface area contributed by atoms with Crippen molar-refractivity contribution < 1.29 is 0 Å². The van der Waals surface area contributed by atoms with Crippen LogP contribution in [-0.2, 0) is 0 Å². The fourth-order valence-electron chi connectivity index (χ4n) is 1.58. The molecule has 0 aliphatic heterocycles. The summed E-state index contributed by atoms with van der Waals surface area (Å²) < 4.78 is 1.60. The fourth-order valence-corrected chi connectivity index (χ4v) is 2.47. The van der Waals surface area contributed by atoms with Crippen LogP contribution in [0.25, 0.3) is 11.0 Å². The van der Waals surface area contributed by atoms with Crippen molar-refractivity contribution in [3.8, 4) is 0 Å². The van der Waals surface area contributed by atoms with Crippen molar-refractivity contribution in [2.75, 3.05) is 0 Å². The van der Waals surface area contributed by atoms with Gasteiger partial charge >= 0.3 is 0 Å². The molecule has 0 aliphatic rings. The molecule has 0 saturated heterocycles. The highest BCUT2D eigenvalue weighted by Crippen LogP contribution is 1.98. The molecule has 3 aromatic rings. The lowest BCUT2D eigenvalue weighted by Crippen LogP contribution is -2.27. The molecule has 0 aromatic carbocycles. The summed E-state index contributed by atoms with van der Waals surface area (Å²) in [4.78, 5) is 31.7. The van der Waals surface area contributed by atoms with E-state index in [0.717, 1.165) is 15.9 Å². The maximum atomic E-state index is 12.1. The molecule has 3 rings (SSSR count). The highest BCUT2D eigenvalue weighted by Gasteiger charge is 2.08. The molecule has 3 heterocycles. The van der Waals surface area contributed by atoms with Crippen LogP contribution >= 0.6 is 11.3 Å². The zero-order valence-electron chi connectivity index (χ0n) is 9.90. The monoisotopic (exact) mass is 272 g/mol. The second kappa shape index (κ2) is 4.36. The lowest BCUT2D eigenvalue weighted by molar-refractivity contribution is 0.833. The van der Waals surface area contributed by atoms with E-state index in [4.69, 9.17) is 0 Å². The molecule has 0 spiro atoms. The Morgan fingerprint density at radius 1 is 1.32 bits per heavy atom. The maximum absolute atomic E-state index is 12.1. The molecule has 3 aromatic heterocycles. The molecule has 0 radical (unpaired) electrons. The summed E-state index contributed by atoms with van der Waals surface area (Å²) in [6, 6.07) is 5.42. The van der Waals surface area contributed by atoms with Crippen LogP contribution in [0.5, 0.6) is 0 Å². The topological polar surface area (TPSA) is 77.2 Å². The number of aromatic nitrogens is 4. The second-order valence-corrected chi connectivity index (χ2v) is 4.88. The molecule has 6 nitrogen and oxygen atoms in total. The Morgan fingerprint density at radius 3 is 2.89 bits per heavy atom. The largest absolute Gasteiger partial charge is 0.295 e. The minimum Gasteiger partial charge on any atom is -0.266 e. The van der Waals surface area contributed by atoms with Crippen LogP contribution in [0.2, 0.25) is 0 Å². The van der Waals surface area contributed by atoms with Crippen LogP contribution in [0.15, 0.2) is 34.0 Å². The summed E-state index contributed by atoms with van der Waals surface area (Å²) >= 11 is 1.12. The van der Waals surface area contributed by atoms with E-state index in [1.807, 2.05) is 6.07 Å². The third kappa shape index (κ3) is 2.04. The summed E-state index contributed by atoms with van der Waals surface area (Å²) in [5, 5.41) is 3.94. The van der Waals surface area contributed by atoms with Crippen molar-refractivity contribution in [2.24, 2.45) is 0 Å². The maximum Gasteiger partial charge on any atom is 0.295 e. The smallest absolute Gasteiger partial charge is 0.266 e. The highest BCUT2D eigenvalue weighted by atomic mass is 32.1. The summed E-state index contributed by atoms with van der Waals surface area (Å²) in [5.74, 6) is 0. The molecule has 0 unspecified atom stereocenters. The zero-order valence-corrected chi connectivity index (χ0v) is 10.7. The molecule has 0 saturated carbocycles. The molecule has 0 N–H and O–H groups in total. The average molecular weight is 272 g/mol. The van der Waals surface area contributed by atoms with Crippen LogP contribution in [0, 0.1) is 6.92 Å². The van der Waals surface area contributed by atoms with Crippen molar-refractivity contribution >= 4 is 22.4 Å². The third-order valence-electron chi connectivity index (χ3n) is 2.51. The Morgan fingerprint density at radius 2 is 2.16 bits per heavy atom. The van der Waals surface area contributed by atoms with Gasteiger partial charge in [0.05, 0.1) is 5.69 Å². The van der Waals surface area contributed by atoms with Crippen LogP contribution in [0.1, 0.15) is 11.4 Å². The van der Waals surface area contributed by atoms with E-state index < -0.39 is 5.56 Å². The first kappa shape index (κ1) is 11.7. The molecular weight excluding hydrogens is 264 g/mol. The number of pyridine rings is 1. The van der Waals surface area contributed by atoms with Crippen molar-refractivity contribution in [3.63, 3.8) is 0 Å². The normalized spacial score (nSPS) is 12.2. The number of thiazole rings is 1. The van der Waals surface area contributed by atoms with Crippen LogP contribution in [0.3, 0.4) is 0 Å². The predicted octanol–water partition coefficient (Wildman–Crippen LogP) is -0.238. The lowest BCUT2D eigenvalue weighted by Gasteiger charge is -1.89. The van der Waals surface area contributed by atoms with Gasteiger partial charge in [0.2, 0.25) is 4.96 Å². The van der Waals surface area contributed by atoms with Gasteiger partial charge in [-0.15, -0.1) is 0 Å². The molecule has 0 fully saturated rings. The number of aryl methyl sites for hydroxylation is 1. The van der Waals surface area contributed by atoms with Gasteiger partial charge in [0, 0.05) is 6.20 Å². The number of nitrogens with zero attached hydrogens (tertiary/aromatic N) is 4. The van der Waals surface area contributed by atoms with E-state index in [9.17, 15) is 9.59 Å². The first-order chi connectivity index (χ1) is 9.15. The summed E-state index contributed by atoms with van der Waals surface area (Å²) in [6.07, 6.45) is 3.30. The van der Waals surface area contributed by atoms with Gasteiger partial charge in [0.15, 0.2) is 0 Å². The van der Waals surface area contributed by atoms with Crippen LogP contribution < -0.4 is 15.7 Å². The van der Waals surface area contributed by atoms with Gasteiger partial charge in [-0.3, -0.25) is 14.6 Å². The molecular formula is C12H8N4O2S. The minimum absolute atomic E-state index is 0.205. The minimum atomic E-state index is -0.411. The Kier molecular flexibility index (Phi) is 2.68. The van der Waals surface area contributed by atoms with E-state index in [2.05, 4.69) is 15.1 Å². The van der Waals surface area contributed by atoms with E-state index >= 15 is 0 Å². The van der Waals surface area contributed by atoms with Crippen molar-refractivity contribution in [2.45, 2.75) is 6.92 Å². The molecule has 0 bridgehead atoms. The summed E-state index contributed by atoms with van der Waals surface area (Å²) in [7, 11) is 0. The first-order valence-corrected chi connectivity index (χ1v) is 6.30. The van der Waals surface area contributed by atoms with Gasteiger partial charge in [-0.05, 0) is 25.1 Å². The lowest BCUT2D eigenvalue weighted by atomic mass is 10.3. The SMILES string of the molecule is Cc1nn2c(=O)/c(=C/c3ccccn3)sc2nc1=O. The van der Waals surface area contributed by atoms with Crippen molar-refractivity contribution in [3.05, 3.63) is 61.0 Å². The molecule has 0 atom stereocenters. The molecule has 94 valence electrons. The number of hydrogen-bond donors (Lipinski definition) is 0. The van der Waals surface area contributed by atoms with E-state index in [-0.39, 0.29) is 11.3 Å². The first-order valence-electron chi connectivity index (χ1n) is 5.48. The van der Waals surface area contributed by atoms with E-state index in [1.165, 1.54) is 6.92 Å². The Labute approximate surface area is 110 Å². The fraction of sp³-hybridized carbons (Fsp3) is 0.0833. The molecule has 0 amide bonds. The highest BCUT2D eigenvalue weighted by molar-refractivity contribution is 7.15. The Hall–Kier alpha value is -2.41. The molecule has 0 aliphatic carbocycles. The summed E-state index contributed by atoms with van der Waals surface area (Å²) in [6.45, 7) is 1.53. The number of rotatable bonds is 1. The molecule has 19 heavy (non-hydrogen) atoms. The van der Waals surface area contributed by atoms with E-state index in [0.29, 0.717) is 15.2 Å². The van der Waals surface area contributed by atoms with Crippen molar-refractivity contribution in [1.82, 2.24) is 19.6 Å². The number of hydrogen-bond acceptors (Lipinski definition) is 6. The quantitative estimate of drug-likeness (QED) is 0.611.